The highest BCUT2D eigenvalue weighted by Gasteiger charge is 2.26. The maximum absolute atomic E-state index is 12.1. The second kappa shape index (κ2) is 7.28. The lowest BCUT2D eigenvalue weighted by molar-refractivity contribution is -0.118. The number of carbonyl (C=O) groups excluding carboxylic acids is 1. The molecule has 1 aliphatic rings. The van der Waals surface area contributed by atoms with E-state index in [0.29, 0.717) is 29.7 Å². The van der Waals surface area contributed by atoms with Crippen molar-refractivity contribution in [2.24, 2.45) is 0 Å². The van der Waals surface area contributed by atoms with Crippen LogP contribution in [-0.2, 0) is 4.79 Å². The van der Waals surface area contributed by atoms with Gasteiger partial charge in [0.1, 0.15) is 5.75 Å². The minimum Gasteiger partial charge on any atom is -0.497 e. The minimum atomic E-state index is -0.118. The van der Waals surface area contributed by atoms with Crippen LogP contribution in [0.15, 0.2) is 18.2 Å². The average molecular weight is 293 g/mol. The van der Waals surface area contributed by atoms with Crippen LogP contribution in [-0.4, -0.2) is 48.8 Å². The molecule has 0 radical (unpaired) electrons. The molecule has 116 valence electrons. The van der Waals surface area contributed by atoms with Gasteiger partial charge in [0.2, 0.25) is 5.91 Å². The van der Waals surface area contributed by atoms with Gasteiger partial charge in [0.05, 0.1) is 31.6 Å². The van der Waals surface area contributed by atoms with Crippen LogP contribution in [0, 0.1) is 0 Å². The third kappa shape index (κ3) is 4.09. The number of aliphatic hydroxyl groups excluding tert-OH is 1. The molecule has 0 heterocycles. The van der Waals surface area contributed by atoms with E-state index in [1.165, 1.54) is 6.42 Å². The molecule has 0 aromatic heterocycles. The van der Waals surface area contributed by atoms with E-state index in [-0.39, 0.29) is 19.1 Å². The van der Waals surface area contributed by atoms with E-state index in [1.54, 1.807) is 25.3 Å². The Morgan fingerprint density at radius 1 is 1.52 bits per heavy atom. The quantitative estimate of drug-likeness (QED) is 0.654. The molecule has 1 amide bonds. The zero-order valence-corrected chi connectivity index (χ0v) is 12.3. The number of nitrogens with two attached hydrogens (primary N) is 1. The Morgan fingerprint density at radius 3 is 2.81 bits per heavy atom. The van der Waals surface area contributed by atoms with Crippen molar-refractivity contribution < 1.29 is 14.6 Å². The topological polar surface area (TPSA) is 87.8 Å². The van der Waals surface area contributed by atoms with Crippen molar-refractivity contribution in [3.8, 4) is 5.75 Å². The van der Waals surface area contributed by atoms with Crippen molar-refractivity contribution in [2.75, 3.05) is 37.9 Å². The van der Waals surface area contributed by atoms with E-state index in [9.17, 15) is 4.79 Å². The number of benzene rings is 1. The summed E-state index contributed by atoms with van der Waals surface area (Å²) in [7, 11) is 1.57. The smallest absolute Gasteiger partial charge is 0.238 e. The second-order valence-electron chi connectivity index (χ2n) is 5.28. The number of hydrogen-bond donors (Lipinski definition) is 3. The van der Waals surface area contributed by atoms with Crippen molar-refractivity contribution in [2.45, 2.75) is 25.3 Å². The molecule has 0 spiro atoms. The number of nitrogens with one attached hydrogen (secondary N) is 1. The molecule has 21 heavy (non-hydrogen) atoms. The lowest BCUT2D eigenvalue weighted by Gasteiger charge is -2.36. The standard InChI is InChI=1S/C15H23N3O3/c1-21-12-5-6-14(13(16)9-12)17-15(20)10-18(7-8-19)11-3-2-4-11/h5-6,9,11,19H,2-4,7-8,10,16H2,1H3,(H,17,20). The number of anilines is 2. The summed E-state index contributed by atoms with van der Waals surface area (Å²) >= 11 is 0. The van der Waals surface area contributed by atoms with Gasteiger partial charge in [-0.15, -0.1) is 0 Å². The predicted octanol–water partition coefficient (Wildman–Crippen LogP) is 1.06. The molecule has 0 bridgehead atoms. The zero-order valence-electron chi connectivity index (χ0n) is 12.3. The van der Waals surface area contributed by atoms with Gasteiger partial charge in [0.15, 0.2) is 0 Å². The molecule has 0 aliphatic heterocycles. The van der Waals surface area contributed by atoms with Crippen molar-refractivity contribution >= 4 is 17.3 Å². The number of ether oxygens (including phenoxy) is 1. The van der Waals surface area contributed by atoms with Gasteiger partial charge in [0.25, 0.3) is 0 Å². The van der Waals surface area contributed by atoms with Crippen molar-refractivity contribution in [1.29, 1.82) is 0 Å². The summed E-state index contributed by atoms with van der Waals surface area (Å²) < 4.78 is 5.08. The Kier molecular flexibility index (Phi) is 5.41. The normalized spacial score (nSPS) is 14.8. The Bertz CT molecular complexity index is 489. The number of methoxy groups -OCH3 is 1. The van der Waals surface area contributed by atoms with Crippen LogP contribution in [0.25, 0.3) is 0 Å². The van der Waals surface area contributed by atoms with E-state index >= 15 is 0 Å². The summed E-state index contributed by atoms with van der Waals surface area (Å²) in [6.07, 6.45) is 3.38. The number of carbonyl (C=O) groups is 1. The molecule has 0 unspecified atom stereocenters. The van der Waals surface area contributed by atoms with Crippen LogP contribution < -0.4 is 15.8 Å². The summed E-state index contributed by atoms with van der Waals surface area (Å²) in [5.41, 5.74) is 6.94. The molecule has 4 N–H and O–H groups in total. The number of rotatable bonds is 7. The highest BCUT2D eigenvalue weighted by atomic mass is 16.5. The van der Waals surface area contributed by atoms with Gasteiger partial charge in [0, 0.05) is 18.7 Å². The number of nitrogens with zero attached hydrogens (tertiary/aromatic N) is 1. The maximum atomic E-state index is 12.1. The summed E-state index contributed by atoms with van der Waals surface area (Å²) in [5.74, 6) is 0.536. The SMILES string of the molecule is COc1ccc(NC(=O)CN(CCO)C2CCC2)c(N)c1. The van der Waals surface area contributed by atoms with Gasteiger partial charge in [-0.3, -0.25) is 9.69 Å². The fourth-order valence-electron chi connectivity index (χ4n) is 2.43. The highest BCUT2D eigenvalue weighted by molar-refractivity contribution is 5.95. The zero-order chi connectivity index (χ0) is 15.2. The number of amides is 1. The second-order valence-corrected chi connectivity index (χ2v) is 5.28. The first-order valence-electron chi connectivity index (χ1n) is 7.22. The van der Waals surface area contributed by atoms with Gasteiger partial charge in [-0.25, -0.2) is 0 Å². The van der Waals surface area contributed by atoms with Gasteiger partial charge < -0.3 is 20.9 Å². The Balaban J connectivity index is 1.93. The molecule has 1 saturated carbocycles. The minimum absolute atomic E-state index is 0.0639. The highest BCUT2D eigenvalue weighted by Crippen LogP contribution is 2.26. The molecule has 0 atom stereocenters. The predicted molar refractivity (Wildman–Crippen MR) is 82.3 cm³/mol. The van der Waals surface area contributed by atoms with Crippen LogP contribution in [0.3, 0.4) is 0 Å². The van der Waals surface area contributed by atoms with Crippen LogP contribution in [0.2, 0.25) is 0 Å². The molecule has 6 heteroatoms. The molecule has 1 aliphatic carbocycles. The molecule has 1 fully saturated rings. The molecule has 1 aromatic carbocycles. The van der Waals surface area contributed by atoms with Gasteiger partial charge in [-0.05, 0) is 25.0 Å². The van der Waals surface area contributed by atoms with Crippen LogP contribution in [0.5, 0.6) is 5.75 Å². The fourth-order valence-corrected chi connectivity index (χ4v) is 2.43. The number of hydrogen-bond acceptors (Lipinski definition) is 5. The third-order valence-electron chi connectivity index (χ3n) is 3.86. The van der Waals surface area contributed by atoms with E-state index in [2.05, 4.69) is 5.32 Å². The first-order valence-corrected chi connectivity index (χ1v) is 7.22. The lowest BCUT2D eigenvalue weighted by atomic mass is 9.91. The van der Waals surface area contributed by atoms with Crippen molar-refractivity contribution in [3.63, 3.8) is 0 Å². The first-order chi connectivity index (χ1) is 10.1. The molecule has 2 rings (SSSR count). The Morgan fingerprint density at radius 2 is 2.29 bits per heavy atom. The number of nitrogen functional groups attached to an aromatic ring is 1. The van der Waals surface area contributed by atoms with Crippen molar-refractivity contribution in [3.05, 3.63) is 18.2 Å². The molecule has 0 saturated heterocycles. The summed E-state index contributed by atoms with van der Waals surface area (Å²) in [4.78, 5) is 14.2. The monoisotopic (exact) mass is 293 g/mol. The molecule has 1 aromatic rings. The first kappa shape index (κ1) is 15.6. The summed E-state index contributed by atoms with van der Waals surface area (Å²) in [6.45, 7) is 0.862. The van der Waals surface area contributed by atoms with Crippen LogP contribution in [0.4, 0.5) is 11.4 Å². The van der Waals surface area contributed by atoms with E-state index in [0.717, 1.165) is 12.8 Å². The fraction of sp³-hybridized carbons (Fsp3) is 0.533. The van der Waals surface area contributed by atoms with Gasteiger partial charge in [-0.1, -0.05) is 6.42 Å². The molecular formula is C15H23N3O3. The van der Waals surface area contributed by atoms with E-state index in [1.807, 2.05) is 4.90 Å². The Hall–Kier alpha value is -1.79. The van der Waals surface area contributed by atoms with E-state index in [4.69, 9.17) is 15.6 Å². The third-order valence-corrected chi connectivity index (χ3v) is 3.86. The average Bonchev–Trinajstić information content (AvgIpc) is 2.39. The largest absolute Gasteiger partial charge is 0.497 e. The lowest BCUT2D eigenvalue weighted by Crippen LogP contribution is -2.45. The summed E-state index contributed by atoms with van der Waals surface area (Å²) in [6, 6.07) is 5.57. The van der Waals surface area contributed by atoms with Crippen molar-refractivity contribution in [1.82, 2.24) is 4.90 Å². The Labute approximate surface area is 124 Å². The maximum Gasteiger partial charge on any atom is 0.238 e. The van der Waals surface area contributed by atoms with Crippen LogP contribution >= 0.6 is 0 Å². The van der Waals surface area contributed by atoms with E-state index < -0.39 is 0 Å². The molecule has 6 nitrogen and oxygen atoms in total. The van der Waals surface area contributed by atoms with Gasteiger partial charge >= 0.3 is 0 Å². The molecular weight excluding hydrogens is 270 g/mol. The summed E-state index contributed by atoms with van der Waals surface area (Å²) in [5, 5.41) is 11.9. The van der Waals surface area contributed by atoms with Crippen LogP contribution in [0.1, 0.15) is 19.3 Å². The number of aliphatic hydroxyl groups is 1. The van der Waals surface area contributed by atoms with Gasteiger partial charge in [-0.2, -0.15) is 0 Å².